The van der Waals surface area contributed by atoms with Gasteiger partial charge in [0, 0.05) is 5.75 Å². The lowest BCUT2D eigenvalue weighted by molar-refractivity contribution is 0.256. The number of hydrogen-bond donors (Lipinski definition) is 2. The predicted octanol–water partition coefficient (Wildman–Crippen LogP) is 1.92. The molecule has 1 aromatic carbocycles. The number of benzene rings is 1. The number of nitrogens with zero attached hydrogens (tertiary/aromatic N) is 1. The van der Waals surface area contributed by atoms with Gasteiger partial charge in [-0.15, -0.1) is 0 Å². The zero-order valence-electron chi connectivity index (χ0n) is 9.40. The Morgan fingerprint density at radius 2 is 2.24 bits per heavy atom. The van der Waals surface area contributed by atoms with Gasteiger partial charge in [0.15, 0.2) is 5.17 Å². The van der Waals surface area contributed by atoms with Crippen LogP contribution in [0.5, 0.6) is 5.75 Å². The van der Waals surface area contributed by atoms with Crippen LogP contribution >= 0.6 is 11.8 Å². The number of hydrogen-bond acceptors (Lipinski definition) is 4. The topological polar surface area (TPSA) is 62.7 Å². The van der Waals surface area contributed by atoms with Gasteiger partial charge < -0.3 is 10.1 Å². The molecule has 0 saturated heterocycles. The molecule has 1 aromatic rings. The zero-order valence-corrected chi connectivity index (χ0v) is 10.2. The second-order valence-corrected chi connectivity index (χ2v) is 4.40. The molecular formula is C11H13N3O2S. The number of carbonyl (C=O) groups excluding carboxylic acids is 1. The minimum atomic E-state index is -0.303. The van der Waals surface area contributed by atoms with Crippen molar-refractivity contribution in [2.45, 2.75) is 0 Å². The van der Waals surface area contributed by atoms with Crippen molar-refractivity contribution in [1.82, 2.24) is 5.32 Å². The monoisotopic (exact) mass is 251 g/mol. The fourth-order valence-corrected chi connectivity index (χ4v) is 2.13. The second kappa shape index (κ2) is 5.58. The van der Waals surface area contributed by atoms with Crippen LogP contribution in [0.3, 0.4) is 0 Å². The van der Waals surface area contributed by atoms with Gasteiger partial charge in [-0.3, -0.25) is 10.3 Å². The Kier molecular flexibility index (Phi) is 3.87. The van der Waals surface area contributed by atoms with Crippen molar-refractivity contribution in [3.05, 3.63) is 24.3 Å². The highest BCUT2D eigenvalue weighted by Gasteiger charge is 2.12. The maximum Gasteiger partial charge on any atom is 0.325 e. The summed E-state index contributed by atoms with van der Waals surface area (Å²) in [5.74, 6) is 1.55. The van der Waals surface area contributed by atoms with Crippen molar-refractivity contribution in [3.63, 3.8) is 0 Å². The molecule has 0 aromatic heterocycles. The van der Waals surface area contributed by atoms with E-state index < -0.39 is 0 Å². The van der Waals surface area contributed by atoms with Crippen LogP contribution in [0, 0.1) is 0 Å². The van der Waals surface area contributed by atoms with E-state index in [0.717, 1.165) is 12.3 Å². The molecule has 2 N–H and O–H groups in total. The van der Waals surface area contributed by atoms with Gasteiger partial charge in [-0.05, 0) is 12.1 Å². The Labute approximate surface area is 104 Å². The van der Waals surface area contributed by atoms with Gasteiger partial charge in [0.2, 0.25) is 0 Å². The number of ether oxygens (including phenoxy) is 1. The summed E-state index contributed by atoms with van der Waals surface area (Å²) in [5.41, 5.74) is 0.635. The molecular weight excluding hydrogens is 238 g/mol. The average molecular weight is 251 g/mol. The van der Waals surface area contributed by atoms with E-state index in [0.29, 0.717) is 16.6 Å². The maximum absolute atomic E-state index is 11.7. The van der Waals surface area contributed by atoms with E-state index >= 15 is 0 Å². The van der Waals surface area contributed by atoms with Crippen LogP contribution < -0.4 is 15.4 Å². The first-order chi connectivity index (χ1) is 8.29. The number of nitrogens with one attached hydrogen (secondary N) is 2. The molecule has 2 rings (SSSR count). The Balaban J connectivity index is 1.97. The third kappa shape index (κ3) is 3.13. The summed E-state index contributed by atoms with van der Waals surface area (Å²) >= 11 is 1.54. The lowest BCUT2D eigenvalue weighted by Crippen LogP contribution is -2.32. The van der Waals surface area contributed by atoms with Crippen molar-refractivity contribution >= 4 is 28.6 Å². The van der Waals surface area contributed by atoms with Crippen molar-refractivity contribution in [2.75, 3.05) is 24.7 Å². The second-order valence-electron chi connectivity index (χ2n) is 3.31. The first-order valence-corrected chi connectivity index (χ1v) is 6.16. The Bertz CT molecular complexity index is 448. The Morgan fingerprint density at radius 1 is 1.41 bits per heavy atom. The molecule has 1 heterocycles. The number of urea groups is 1. The Morgan fingerprint density at radius 3 is 2.94 bits per heavy atom. The van der Waals surface area contributed by atoms with Crippen LogP contribution in [-0.4, -0.2) is 30.6 Å². The highest BCUT2D eigenvalue weighted by Crippen LogP contribution is 2.22. The number of thioether (sulfide) groups is 1. The highest BCUT2D eigenvalue weighted by atomic mass is 32.2. The van der Waals surface area contributed by atoms with Crippen LogP contribution in [-0.2, 0) is 0 Å². The summed E-state index contributed by atoms with van der Waals surface area (Å²) in [5, 5.41) is 6.07. The van der Waals surface area contributed by atoms with E-state index in [1.807, 2.05) is 12.1 Å². The average Bonchev–Trinajstić information content (AvgIpc) is 2.82. The van der Waals surface area contributed by atoms with Crippen LogP contribution in [0.25, 0.3) is 0 Å². The van der Waals surface area contributed by atoms with Crippen molar-refractivity contribution in [3.8, 4) is 5.75 Å². The molecule has 2 amide bonds. The molecule has 17 heavy (non-hydrogen) atoms. The minimum absolute atomic E-state index is 0.303. The lowest BCUT2D eigenvalue weighted by Gasteiger charge is -2.10. The summed E-state index contributed by atoms with van der Waals surface area (Å²) < 4.78 is 5.14. The van der Waals surface area contributed by atoms with E-state index in [2.05, 4.69) is 15.6 Å². The van der Waals surface area contributed by atoms with Gasteiger partial charge in [0.25, 0.3) is 0 Å². The number of amidine groups is 1. The molecule has 5 nitrogen and oxygen atoms in total. The molecule has 1 aliphatic heterocycles. The fraction of sp³-hybridized carbons (Fsp3) is 0.273. The third-order valence-electron chi connectivity index (χ3n) is 2.16. The summed E-state index contributed by atoms with van der Waals surface area (Å²) in [4.78, 5) is 15.8. The summed E-state index contributed by atoms with van der Waals surface area (Å²) in [6, 6.07) is 6.95. The summed E-state index contributed by atoms with van der Waals surface area (Å²) in [6.07, 6.45) is 0. The number of aliphatic imine (C=N–C) groups is 1. The smallest absolute Gasteiger partial charge is 0.325 e. The quantitative estimate of drug-likeness (QED) is 0.844. The zero-order chi connectivity index (χ0) is 12.1. The summed E-state index contributed by atoms with van der Waals surface area (Å²) in [7, 11) is 1.56. The minimum Gasteiger partial charge on any atom is -0.495 e. The van der Waals surface area contributed by atoms with E-state index in [-0.39, 0.29) is 6.03 Å². The van der Waals surface area contributed by atoms with Gasteiger partial charge in [-0.1, -0.05) is 23.9 Å². The van der Waals surface area contributed by atoms with Crippen molar-refractivity contribution in [2.24, 2.45) is 4.99 Å². The predicted molar refractivity (Wildman–Crippen MR) is 69.9 cm³/mol. The largest absolute Gasteiger partial charge is 0.495 e. The molecule has 1 aliphatic rings. The first-order valence-electron chi connectivity index (χ1n) is 5.18. The number of anilines is 1. The van der Waals surface area contributed by atoms with Crippen molar-refractivity contribution in [1.29, 1.82) is 0 Å². The molecule has 0 saturated carbocycles. The van der Waals surface area contributed by atoms with Crippen molar-refractivity contribution < 1.29 is 9.53 Å². The molecule has 6 heteroatoms. The van der Waals surface area contributed by atoms with Gasteiger partial charge >= 0.3 is 6.03 Å². The fourth-order valence-electron chi connectivity index (χ4n) is 1.41. The normalized spacial score (nSPS) is 14.1. The van der Waals surface area contributed by atoms with Gasteiger partial charge in [0.05, 0.1) is 19.3 Å². The van der Waals surface area contributed by atoms with Gasteiger partial charge in [0.1, 0.15) is 5.75 Å². The maximum atomic E-state index is 11.7. The number of rotatable bonds is 2. The third-order valence-corrected chi connectivity index (χ3v) is 3.05. The lowest BCUT2D eigenvalue weighted by atomic mass is 10.3. The molecule has 0 unspecified atom stereocenters. The summed E-state index contributed by atoms with van der Waals surface area (Å²) in [6.45, 7) is 0.759. The molecule has 0 fully saturated rings. The van der Waals surface area contributed by atoms with Crippen LogP contribution in [0.15, 0.2) is 29.3 Å². The van der Waals surface area contributed by atoms with Gasteiger partial charge in [-0.2, -0.15) is 0 Å². The van der Waals surface area contributed by atoms with Crippen LogP contribution in [0.4, 0.5) is 10.5 Å². The van der Waals surface area contributed by atoms with Crippen LogP contribution in [0.1, 0.15) is 0 Å². The van der Waals surface area contributed by atoms with E-state index in [9.17, 15) is 4.79 Å². The van der Waals surface area contributed by atoms with E-state index in [1.54, 1.807) is 19.2 Å². The standard InChI is InChI=1S/C11H13N3O2S/c1-16-9-5-3-2-4-8(9)13-10(15)14-11-12-6-7-17-11/h2-5H,6-7H2,1H3,(H2,12,13,14,15). The van der Waals surface area contributed by atoms with E-state index in [1.165, 1.54) is 11.8 Å². The molecule has 0 radical (unpaired) electrons. The Hall–Kier alpha value is -1.69. The molecule has 0 bridgehead atoms. The van der Waals surface area contributed by atoms with E-state index in [4.69, 9.17) is 4.74 Å². The molecule has 0 aliphatic carbocycles. The number of carbonyl (C=O) groups is 1. The SMILES string of the molecule is COc1ccccc1NC(=O)NC1=NCCS1. The molecule has 0 atom stereocenters. The number of para-hydroxylation sites is 2. The van der Waals surface area contributed by atoms with Crippen LogP contribution in [0.2, 0.25) is 0 Å². The molecule has 90 valence electrons. The van der Waals surface area contributed by atoms with Gasteiger partial charge in [-0.25, -0.2) is 4.79 Å². The first kappa shape index (κ1) is 11.8. The highest BCUT2D eigenvalue weighted by molar-refractivity contribution is 8.14. The number of methoxy groups -OCH3 is 1. The number of amides is 2. The molecule has 0 spiro atoms.